The van der Waals surface area contributed by atoms with E-state index in [-0.39, 0.29) is 17.9 Å². The Balaban J connectivity index is 1.38. The Bertz CT molecular complexity index is 1220. The minimum atomic E-state index is -0.701. The predicted octanol–water partition coefficient (Wildman–Crippen LogP) is 4.38. The molecule has 5 rings (SSSR count). The van der Waals surface area contributed by atoms with Crippen LogP contribution in [-0.4, -0.2) is 47.9 Å². The van der Waals surface area contributed by atoms with Gasteiger partial charge in [0, 0.05) is 12.1 Å². The van der Waals surface area contributed by atoms with Crippen LogP contribution in [0.4, 0.5) is 5.69 Å². The predicted molar refractivity (Wildman–Crippen MR) is 125 cm³/mol. The first-order chi connectivity index (χ1) is 15.2. The van der Waals surface area contributed by atoms with Crippen molar-refractivity contribution in [2.45, 2.75) is 38.2 Å². The van der Waals surface area contributed by atoms with E-state index in [0.717, 1.165) is 16.0 Å². The van der Waals surface area contributed by atoms with Gasteiger partial charge >= 0.3 is 0 Å². The van der Waals surface area contributed by atoms with Gasteiger partial charge in [-0.3, -0.25) is 9.59 Å². The molecule has 1 saturated heterocycles. The number of rotatable bonds is 4. The van der Waals surface area contributed by atoms with Gasteiger partial charge in [-0.15, -0.1) is 11.3 Å². The first-order valence-electron chi connectivity index (χ1n) is 10.2. The number of carbonyl (C=O) groups is 2. The van der Waals surface area contributed by atoms with Crippen molar-refractivity contribution in [2.24, 2.45) is 0 Å². The van der Waals surface area contributed by atoms with Crippen molar-refractivity contribution in [3.63, 3.8) is 0 Å². The number of halogens is 2. The molecule has 2 amide bonds. The standard InChI is InChI=1S/C22H21Cl2N3O4S/c1-22(2)30-10-12(31-22)9-27-15-6-4-3-5-11(15)7-14(21(27)29)26-20(28)13-8-16-18(25-13)17(23)19(24)32-16/h3-6,8,12,14,25H,7,9-10H2,1-2H3,(H,26,28)/t12-,14?/m1/s1. The van der Waals surface area contributed by atoms with Crippen molar-refractivity contribution in [3.8, 4) is 0 Å². The third-order valence-corrected chi connectivity index (χ3v) is 7.58. The molecule has 0 aliphatic carbocycles. The molecule has 1 unspecified atom stereocenters. The summed E-state index contributed by atoms with van der Waals surface area (Å²) < 4.78 is 12.8. The largest absolute Gasteiger partial charge is 0.349 e. The summed E-state index contributed by atoms with van der Waals surface area (Å²) in [6, 6.07) is 8.70. The maximum atomic E-state index is 13.4. The molecule has 0 radical (unpaired) electrons. The molecule has 4 heterocycles. The number of thiophene rings is 1. The highest BCUT2D eigenvalue weighted by molar-refractivity contribution is 7.23. The first-order valence-corrected chi connectivity index (χ1v) is 11.8. The fraction of sp³-hybridized carbons (Fsp3) is 0.364. The number of nitrogens with one attached hydrogen (secondary N) is 2. The smallest absolute Gasteiger partial charge is 0.268 e. The Hall–Kier alpha value is -2.10. The highest BCUT2D eigenvalue weighted by Crippen LogP contribution is 2.39. The molecule has 32 heavy (non-hydrogen) atoms. The van der Waals surface area contributed by atoms with Gasteiger partial charge in [0.15, 0.2) is 5.79 Å². The van der Waals surface area contributed by atoms with Gasteiger partial charge in [-0.1, -0.05) is 41.4 Å². The number of para-hydroxylation sites is 1. The highest BCUT2D eigenvalue weighted by atomic mass is 35.5. The summed E-state index contributed by atoms with van der Waals surface area (Å²) in [7, 11) is 0. The van der Waals surface area contributed by atoms with Gasteiger partial charge < -0.3 is 24.7 Å². The van der Waals surface area contributed by atoms with Crippen LogP contribution >= 0.6 is 34.5 Å². The summed E-state index contributed by atoms with van der Waals surface area (Å²) in [6.07, 6.45) is 0.158. The van der Waals surface area contributed by atoms with E-state index in [9.17, 15) is 9.59 Å². The van der Waals surface area contributed by atoms with Crippen LogP contribution in [0.15, 0.2) is 30.3 Å². The third-order valence-electron chi connectivity index (χ3n) is 5.65. The number of hydrogen-bond acceptors (Lipinski definition) is 5. The Morgan fingerprint density at radius 3 is 2.84 bits per heavy atom. The van der Waals surface area contributed by atoms with Crippen LogP contribution in [0.1, 0.15) is 29.9 Å². The van der Waals surface area contributed by atoms with Gasteiger partial charge in [-0.05, 0) is 31.5 Å². The monoisotopic (exact) mass is 493 g/mol. The highest BCUT2D eigenvalue weighted by Gasteiger charge is 2.39. The van der Waals surface area contributed by atoms with Crippen molar-refractivity contribution in [1.82, 2.24) is 10.3 Å². The average Bonchev–Trinajstić information content (AvgIpc) is 3.39. The number of carbonyl (C=O) groups excluding carboxylic acids is 2. The van der Waals surface area contributed by atoms with Gasteiger partial charge in [0.25, 0.3) is 5.91 Å². The molecule has 1 aromatic carbocycles. The van der Waals surface area contributed by atoms with Gasteiger partial charge in [0.1, 0.15) is 22.2 Å². The van der Waals surface area contributed by atoms with E-state index in [1.54, 1.807) is 11.0 Å². The minimum absolute atomic E-state index is 0.181. The van der Waals surface area contributed by atoms with Crippen LogP contribution in [0, 0.1) is 0 Å². The molecule has 2 N–H and O–H groups in total. The van der Waals surface area contributed by atoms with Gasteiger partial charge in [0.05, 0.1) is 28.4 Å². The molecule has 2 aromatic heterocycles. The molecule has 2 aliphatic rings. The molecule has 7 nitrogen and oxygen atoms in total. The van der Waals surface area contributed by atoms with Crippen molar-refractivity contribution < 1.29 is 19.1 Å². The summed E-state index contributed by atoms with van der Waals surface area (Å²) in [6.45, 7) is 4.45. The fourth-order valence-electron chi connectivity index (χ4n) is 4.20. The fourth-order valence-corrected chi connectivity index (χ4v) is 5.68. The maximum Gasteiger partial charge on any atom is 0.268 e. The number of ether oxygens (including phenoxy) is 2. The van der Waals surface area contributed by atoms with Crippen molar-refractivity contribution in [1.29, 1.82) is 0 Å². The van der Waals surface area contributed by atoms with Crippen LogP contribution < -0.4 is 10.2 Å². The zero-order valence-corrected chi connectivity index (χ0v) is 19.7. The molecule has 2 aliphatic heterocycles. The number of nitrogens with zero attached hydrogens (tertiary/aromatic N) is 1. The molecule has 2 atom stereocenters. The number of hydrogen-bond donors (Lipinski definition) is 2. The van der Waals surface area contributed by atoms with E-state index in [0.29, 0.717) is 40.1 Å². The molecule has 168 valence electrons. The summed E-state index contributed by atoms with van der Waals surface area (Å²) in [5.74, 6) is -1.24. The normalized spacial score (nSPS) is 22.4. The van der Waals surface area contributed by atoms with Gasteiger partial charge in [-0.2, -0.15) is 0 Å². The molecular formula is C22H21Cl2N3O4S. The Morgan fingerprint density at radius 1 is 1.34 bits per heavy atom. The second kappa shape index (κ2) is 8.04. The van der Waals surface area contributed by atoms with Gasteiger partial charge in [0.2, 0.25) is 5.91 Å². The molecule has 0 saturated carbocycles. The van der Waals surface area contributed by atoms with E-state index < -0.39 is 11.8 Å². The molecule has 1 fully saturated rings. The molecule has 3 aromatic rings. The van der Waals surface area contributed by atoms with Crippen LogP contribution in [0.25, 0.3) is 10.2 Å². The Morgan fingerprint density at radius 2 is 2.12 bits per heavy atom. The number of anilines is 1. The van der Waals surface area contributed by atoms with E-state index >= 15 is 0 Å². The summed E-state index contributed by atoms with van der Waals surface area (Å²) in [5.41, 5.74) is 2.77. The lowest BCUT2D eigenvalue weighted by molar-refractivity contribution is -0.138. The molecular weight excluding hydrogens is 473 g/mol. The second-order valence-corrected chi connectivity index (χ2v) is 10.4. The topological polar surface area (TPSA) is 83.7 Å². The Labute approximate surface area is 198 Å². The van der Waals surface area contributed by atoms with Crippen LogP contribution in [0.5, 0.6) is 0 Å². The quantitative estimate of drug-likeness (QED) is 0.564. The number of fused-ring (bicyclic) bond motifs is 2. The molecule has 0 bridgehead atoms. The summed E-state index contributed by atoms with van der Waals surface area (Å²) in [4.78, 5) is 31.0. The van der Waals surface area contributed by atoms with E-state index in [4.69, 9.17) is 32.7 Å². The number of H-pyrrole nitrogens is 1. The lowest BCUT2D eigenvalue weighted by Crippen LogP contribution is -2.54. The zero-order chi connectivity index (χ0) is 22.6. The van der Waals surface area contributed by atoms with Crippen molar-refractivity contribution in [2.75, 3.05) is 18.1 Å². The van der Waals surface area contributed by atoms with E-state index in [2.05, 4.69) is 10.3 Å². The average molecular weight is 494 g/mol. The van der Waals surface area contributed by atoms with Crippen molar-refractivity contribution >= 4 is 62.3 Å². The van der Waals surface area contributed by atoms with E-state index in [1.165, 1.54) is 11.3 Å². The summed E-state index contributed by atoms with van der Waals surface area (Å²) >= 11 is 13.5. The second-order valence-electron chi connectivity index (χ2n) is 8.37. The van der Waals surface area contributed by atoms with Crippen LogP contribution in [0.2, 0.25) is 9.36 Å². The third kappa shape index (κ3) is 3.91. The SMILES string of the molecule is CC1(C)OC[C@@H](CN2C(=O)C(NC(=O)c3cc4sc(Cl)c(Cl)c4[nH]3)Cc3ccccc32)O1. The maximum absolute atomic E-state index is 13.4. The number of aromatic nitrogens is 1. The van der Waals surface area contributed by atoms with Crippen molar-refractivity contribution in [3.05, 3.63) is 50.9 Å². The van der Waals surface area contributed by atoms with Crippen LogP contribution in [-0.2, 0) is 20.7 Å². The minimum Gasteiger partial charge on any atom is -0.349 e. The molecule has 0 spiro atoms. The zero-order valence-electron chi connectivity index (χ0n) is 17.4. The molecule has 10 heteroatoms. The Kier molecular flexibility index (Phi) is 5.46. The lowest BCUT2D eigenvalue weighted by atomic mass is 9.96. The van der Waals surface area contributed by atoms with Gasteiger partial charge in [-0.25, -0.2) is 0 Å². The van der Waals surface area contributed by atoms with E-state index in [1.807, 2.05) is 38.1 Å². The lowest BCUT2D eigenvalue weighted by Gasteiger charge is -2.35. The number of benzene rings is 1. The first kappa shape index (κ1) is 21.7. The summed E-state index contributed by atoms with van der Waals surface area (Å²) in [5, 5.41) is 3.27. The van der Waals surface area contributed by atoms with Crippen LogP contribution in [0.3, 0.4) is 0 Å². The number of amides is 2. The number of aromatic amines is 1.